The molecule has 4 rings (SSSR count). The predicted octanol–water partition coefficient (Wildman–Crippen LogP) is 8.52. The van der Waals surface area contributed by atoms with E-state index in [9.17, 15) is 0 Å². The van der Waals surface area contributed by atoms with Gasteiger partial charge in [0.15, 0.2) is 0 Å². The standard InChI is InChI=1S/C30H25N/c1-3-8-23(4-2)25-11-13-26(14-12-25)28-17-21-30(22-18-28)31-29-19-15-27(16-20-29)24-9-6-5-7-10-24/h3-22,31H,1-2H2/b23-8+. The van der Waals surface area contributed by atoms with Crippen molar-refractivity contribution in [3.63, 3.8) is 0 Å². The van der Waals surface area contributed by atoms with Crippen LogP contribution in [0, 0.1) is 0 Å². The van der Waals surface area contributed by atoms with Crippen LogP contribution in [0.5, 0.6) is 0 Å². The number of anilines is 2. The van der Waals surface area contributed by atoms with E-state index in [1.165, 1.54) is 22.3 Å². The lowest BCUT2D eigenvalue weighted by atomic mass is 10.00. The zero-order valence-electron chi connectivity index (χ0n) is 17.5. The van der Waals surface area contributed by atoms with Crippen molar-refractivity contribution in [2.45, 2.75) is 0 Å². The number of allylic oxidation sites excluding steroid dienone is 4. The highest BCUT2D eigenvalue weighted by Crippen LogP contribution is 2.27. The van der Waals surface area contributed by atoms with Gasteiger partial charge in [0.2, 0.25) is 0 Å². The Bertz CT molecular complexity index is 1180. The maximum Gasteiger partial charge on any atom is 0.0384 e. The Morgan fingerprint density at radius 1 is 0.548 bits per heavy atom. The first-order valence-electron chi connectivity index (χ1n) is 10.4. The van der Waals surface area contributed by atoms with E-state index >= 15 is 0 Å². The first kappa shape index (κ1) is 20.2. The first-order chi connectivity index (χ1) is 15.3. The van der Waals surface area contributed by atoms with Crippen LogP contribution >= 0.6 is 0 Å². The zero-order chi connectivity index (χ0) is 21.5. The molecule has 150 valence electrons. The molecule has 1 heteroatoms. The molecule has 0 bridgehead atoms. The molecule has 0 saturated heterocycles. The van der Waals surface area contributed by atoms with E-state index in [0.717, 1.165) is 22.5 Å². The van der Waals surface area contributed by atoms with Crippen LogP contribution in [0.25, 0.3) is 27.8 Å². The summed E-state index contributed by atoms with van der Waals surface area (Å²) in [6.45, 7) is 7.64. The third-order valence-corrected chi connectivity index (χ3v) is 5.23. The summed E-state index contributed by atoms with van der Waals surface area (Å²) in [5, 5.41) is 3.48. The van der Waals surface area contributed by atoms with Gasteiger partial charge in [-0.1, -0.05) is 110 Å². The zero-order valence-corrected chi connectivity index (χ0v) is 17.5. The Labute approximate surface area is 184 Å². The van der Waals surface area contributed by atoms with Gasteiger partial charge in [0.1, 0.15) is 0 Å². The summed E-state index contributed by atoms with van der Waals surface area (Å²) in [7, 11) is 0. The van der Waals surface area contributed by atoms with Crippen molar-refractivity contribution in [2.24, 2.45) is 0 Å². The topological polar surface area (TPSA) is 12.0 Å². The number of hydrogen-bond donors (Lipinski definition) is 1. The lowest BCUT2D eigenvalue weighted by Gasteiger charge is -2.10. The molecule has 1 N–H and O–H groups in total. The Kier molecular flexibility index (Phi) is 6.25. The molecule has 0 aliphatic rings. The van der Waals surface area contributed by atoms with Gasteiger partial charge in [-0.25, -0.2) is 0 Å². The molecule has 0 fully saturated rings. The molecule has 0 radical (unpaired) electrons. The van der Waals surface area contributed by atoms with Gasteiger partial charge in [0.25, 0.3) is 0 Å². The molecule has 0 saturated carbocycles. The van der Waals surface area contributed by atoms with Gasteiger partial charge >= 0.3 is 0 Å². The van der Waals surface area contributed by atoms with Crippen LogP contribution in [0.15, 0.2) is 135 Å². The maximum absolute atomic E-state index is 3.88. The van der Waals surface area contributed by atoms with Crippen LogP contribution in [0.2, 0.25) is 0 Å². The molecular formula is C30H25N. The third-order valence-electron chi connectivity index (χ3n) is 5.23. The summed E-state index contributed by atoms with van der Waals surface area (Å²) >= 11 is 0. The van der Waals surface area contributed by atoms with E-state index < -0.39 is 0 Å². The summed E-state index contributed by atoms with van der Waals surface area (Å²) in [5.74, 6) is 0. The molecule has 4 aromatic carbocycles. The largest absolute Gasteiger partial charge is 0.356 e. The van der Waals surface area contributed by atoms with Gasteiger partial charge < -0.3 is 5.32 Å². The highest BCUT2D eigenvalue weighted by molar-refractivity contribution is 5.77. The summed E-state index contributed by atoms with van der Waals surface area (Å²) < 4.78 is 0. The van der Waals surface area contributed by atoms with Crippen molar-refractivity contribution in [3.05, 3.63) is 140 Å². The van der Waals surface area contributed by atoms with E-state index in [1.54, 1.807) is 6.08 Å². The minimum Gasteiger partial charge on any atom is -0.356 e. The van der Waals surface area contributed by atoms with Gasteiger partial charge in [0.05, 0.1) is 0 Å². The predicted molar refractivity (Wildman–Crippen MR) is 135 cm³/mol. The second-order valence-electron chi connectivity index (χ2n) is 7.28. The van der Waals surface area contributed by atoms with Crippen LogP contribution in [-0.4, -0.2) is 0 Å². The van der Waals surface area contributed by atoms with Crippen molar-refractivity contribution in [2.75, 3.05) is 5.32 Å². The molecule has 0 spiro atoms. The van der Waals surface area contributed by atoms with E-state index in [0.29, 0.717) is 0 Å². The lowest BCUT2D eigenvalue weighted by Crippen LogP contribution is -1.90. The highest BCUT2D eigenvalue weighted by atomic mass is 14.9. The Morgan fingerprint density at radius 2 is 1.00 bits per heavy atom. The fourth-order valence-corrected chi connectivity index (χ4v) is 3.55. The smallest absolute Gasteiger partial charge is 0.0384 e. The number of benzene rings is 4. The summed E-state index contributed by atoms with van der Waals surface area (Å²) in [6, 6.07) is 36.0. The van der Waals surface area contributed by atoms with E-state index in [-0.39, 0.29) is 0 Å². The summed E-state index contributed by atoms with van der Waals surface area (Å²) in [5.41, 5.74) is 9.15. The average molecular weight is 400 g/mol. The van der Waals surface area contributed by atoms with Crippen molar-refractivity contribution in [1.82, 2.24) is 0 Å². The van der Waals surface area contributed by atoms with Crippen molar-refractivity contribution >= 4 is 16.9 Å². The molecule has 0 aliphatic carbocycles. The minimum absolute atomic E-state index is 1.07. The van der Waals surface area contributed by atoms with Crippen LogP contribution < -0.4 is 5.32 Å². The Balaban J connectivity index is 1.45. The second-order valence-corrected chi connectivity index (χ2v) is 7.28. The minimum atomic E-state index is 1.07. The molecule has 0 aromatic heterocycles. The Morgan fingerprint density at radius 3 is 1.45 bits per heavy atom. The van der Waals surface area contributed by atoms with Gasteiger partial charge in [0, 0.05) is 11.4 Å². The fraction of sp³-hybridized carbons (Fsp3) is 0. The molecular weight excluding hydrogens is 374 g/mol. The van der Waals surface area contributed by atoms with E-state index in [4.69, 9.17) is 0 Å². The highest BCUT2D eigenvalue weighted by Gasteiger charge is 2.02. The van der Waals surface area contributed by atoms with E-state index in [2.05, 4.69) is 116 Å². The Hall–Kier alpha value is -4.10. The molecule has 0 aliphatic heterocycles. The third kappa shape index (κ3) is 4.91. The van der Waals surface area contributed by atoms with Crippen LogP contribution in [-0.2, 0) is 0 Å². The SMILES string of the molecule is C=C/C=C(\C=C)c1ccc(-c2ccc(Nc3ccc(-c4ccccc4)cc3)cc2)cc1. The molecule has 0 heterocycles. The van der Waals surface area contributed by atoms with Crippen molar-refractivity contribution in [1.29, 1.82) is 0 Å². The van der Waals surface area contributed by atoms with Crippen LogP contribution in [0.1, 0.15) is 5.56 Å². The monoisotopic (exact) mass is 399 g/mol. The molecule has 1 nitrogen and oxygen atoms in total. The quantitative estimate of drug-likeness (QED) is 0.307. The first-order valence-corrected chi connectivity index (χ1v) is 10.4. The van der Waals surface area contributed by atoms with Gasteiger partial charge in [-0.3, -0.25) is 0 Å². The van der Waals surface area contributed by atoms with Crippen LogP contribution in [0.4, 0.5) is 11.4 Å². The van der Waals surface area contributed by atoms with Crippen molar-refractivity contribution < 1.29 is 0 Å². The normalized spacial score (nSPS) is 11.0. The average Bonchev–Trinajstić information content (AvgIpc) is 2.84. The van der Waals surface area contributed by atoms with Gasteiger partial charge in [-0.2, -0.15) is 0 Å². The molecule has 31 heavy (non-hydrogen) atoms. The fourth-order valence-electron chi connectivity index (χ4n) is 3.55. The maximum atomic E-state index is 3.88. The second kappa shape index (κ2) is 9.60. The van der Waals surface area contributed by atoms with E-state index in [1.807, 2.05) is 18.2 Å². The number of nitrogens with one attached hydrogen (secondary N) is 1. The molecule has 4 aromatic rings. The van der Waals surface area contributed by atoms with Crippen molar-refractivity contribution in [3.8, 4) is 22.3 Å². The lowest BCUT2D eigenvalue weighted by molar-refractivity contribution is 1.53. The number of rotatable bonds is 7. The van der Waals surface area contributed by atoms with Crippen LogP contribution in [0.3, 0.4) is 0 Å². The number of hydrogen-bond acceptors (Lipinski definition) is 1. The van der Waals surface area contributed by atoms with Gasteiger partial charge in [-0.15, -0.1) is 0 Å². The summed E-state index contributed by atoms with van der Waals surface area (Å²) in [4.78, 5) is 0. The molecule has 0 amide bonds. The molecule has 0 unspecified atom stereocenters. The summed E-state index contributed by atoms with van der Waals surface area (Å²) in [6.07, 6.45) is 5.60. The van der Waals surface area contributed by atoms with Gasteiger partial charge in [-0.05, 0) is 57.7 Å². The molecule has 0 atom stereocenters.